The third-order valence-corrected chi connectivity index (χ3v) is 5.97. The van der Waals surface area contributed by atoms with Gasteiger partial charge in [-0.15, -0.1) is 0 Å². The van der Waals surface area contributed by atoms with E-state index in [-0.39, 0.29) is 0 Å². The van der Waals surface area contributed by atoms with Crippen molar-refractivity contribution >= 4 is 16.5 Å². The standard InChI is InChI=1S/C27H22N6/c1-17-3-2-4-25(33-17)27-26(31-16-32-27)18-5-7-24-21(11-18)12-22(15-30-24)19-6-8-23(29-14-19)20-9-10-28-13-20/h2-9,11-12,14-16,28H,10,13H2,1H3,(H,31,32). The van der Waals surface area contributed by atoms with Crippen LogP contribution in [0.15, 0.2) is 79.4 Å². The summed E-state index contributed by atoms with van der Waals surface area (Å²) in [5.41, 5.74) is 9.98. The van der Waals surface area contributed by atoms with Gasteiger partial charge < -0.3 is 10.3 Å². The van der Waals surface area contributed by atoms with E-state index in [1.165, 1.54) is 5.57 Å². The van der Waals surface area contributed by atoms with Gasteiger partial charge in [-0.05, 0) is 48.9 Å². The van der Waals surface area contributed by atoms with Crippen LogP contribution in [0.3, 0.4) is 0 Å². The number of aryl methyl sites for hydroxylation is 1. The van der Waals surface area contributed by atoms with E-state index in [0.717, 1.165) is 69.2 Å². The number of benzene rings is 1. The Kier molecular flexibility index (Phi) is 4.78. The molecule has 1 aliphatic heterocycles. The molecule has 1 aliphatic rings. The van der Waals surface area contributed by atoms with Crippen LogP contribution in [0.25, 0.3) is 50.2 Å². The van der Waals surface area contributed by atoms with Gasteiger partial charge in [-0.1, -0.05) is 24.3 Å². The molecule has 0 bridgehead atoms. The van der Waals surface area contributed by atoms with Crippen molar-refractivity contribution in [3.8, 4) is 33.8 Å². The summed E-state index contributed by atoms with van der Waals surface area (Å²) in [5.74, 6) is 0. The lowest BCUT2D eigenvalue weighted by molar-refractivity contribution is 0.895. The predicted octanol–water partition coefficient (Wildman–Crippen LogP) is 5.04. The van der Waals surface area contributed by atoms with E-state index in [4.69, 9.17) is 0 Å². The smallest absolute Gasteiger partial charge is 0.0977 e. The van der Waals surface area contributed by atoms with Crippen LogP contribution < -0.4 is 5.32 Å². The minimum absolute atomic E-state index is 0.875. The molecule has 1 aromatic carbocycles. The van der Waals surface area contributed by atoms with Crippen molar-refractivity contribution in [2.75, 3.05) is 13.1 Å². The summed E-state index contributed by atoms with van der Waals surface area (Å²) in [7, 11) is 0. The quantitative estimate of drug-likeness (QED) is 0.417. The van der Waals surface area contributed by atoms with Gasteiger partial charge >= 0.3 is 0 Å². The molecule has 160 valence electrons. The molecule has 0 fully saturated rings. The van der Waals surface area contributed by atoms with Crippen LogP contribution in [0.5, 0.6) is 0 Å². The number of rotatable bonds is 4. The van der Waals surface area contributed by atoms with Crippen LogP contribution in [-0.2, 0) is 0 Å². The fraction of sp³-hybridized carbons (Fsp3) is 0.111. The van der Waals surface area contributed by atoms with E-state index in [0.29, 0.717) is 0 Å². The van der Waals surface area contributed by atoms with Crippen molar-refractivity contribution in [1.29, 1.82) is 0 Å². The zero-order chi connectivity index (χ0) is 22.2. The van der Waals surface area contributed by atoms with E-state index in [9.17, 15) is 0 Å². The summed E-state index contributed by atoms with van der Waals surface area (Å²) in [4.78, 5) is 21.9. The number of nitrogens with one attached hydrogen (secondary N) is 2. The highest BCUT2D eigenvalue weighted by molar-refractivity contribution is 5.89. The highest BCUT2D eigenvalue weighted by Crippen LogP contribution is 2.31. The van der Waals surface area contributed by atoms with E-state index in [1.807, 2.05) is 43.6 Å². The van der Waals surface area contributed by atoms with E-state index in [1.54, 1.807) is 6.33 Å². The molecule has 0 amide bonds. The molecule has 0 unspecified atom stereocenters. The molecule has 2 N–H and O–H groups in total. The Labute approximate surface area is 191 Å². The average molecular weight is 431 g/mol. The second-order valence-electron chi connectivity index (χ2n) is 8.21. The van der Waals surface area contributed by atoms with Gasteiger partial charge in [0.1, 0.15) is 0 Å². The fourth-order valence-electron chi connectivity index (χ4n) is 4.25. The Balaban J connectivity index is 1.37. The summed E-state index contributed by atoms with van der Waals surface area (Å²) in [6.07, 6.45) is 7.74. The lowest BCUT2D eigenvalue weighted by atomic mass is 10.0. The van der Waals surface area contributed by atoms with E-state index >= 15 is 0 Å². The number of nitrogens with zero attached hydrogens (tertiary/aromatic N) is 4. The fourth-order valence-corrected chi connectivity index (χ4v) is 4.25. The molecule has 5 aromatic rings. The van der Waals surface area contributed by atoms with Crippen LogP contribution in [-0.4, -0.2) is 38.0 Å². The lowest BCUT2D eigenvalue weighted by Crippen LogP contribution is -2.07. The van der Waals surface area contributed by atoms with Gasteiger partial charge in [0.05, 0.1) is 34.6 Å². The van der Waals surface area contributed by atoms with Gasteiger partial charge in [-0.3, -0.25) is 15.0 Å². The van der Waals surface area contributed by atoms with Gasteiger partial charge in [-0.25, -0.2) is 4.98 Å². The van der Waals surface area contributed by atoms with Gasteiger partial charge in [0.15, 0.2) is 0 Å². The number of H-pyrrole nitrogens is 1. The number of aromatic amines is 1. The first kappa shape index (κ1) is 19.5. The topological polar surface area (TPSA) is 79.4 Å². The molecule has 5 heterocycles. The van der Waals surface area contributed by atoms with Crippen molar-refractivity contribution in [2.45, 2.75) is 6.92 Å². The van der Waals surface area contributed by atoms with Crippen LogP contribution in [0.2, 0.25) is 0 Å². The van der Waals surface area contributed by atoms with Crippen molar-refractivity contribution in [3.63, 3.8) is 0 Å². The molecule has 33 heavy (non-hydrogen) atoms. The number of aromatic nitrogens is 5. The van der Waals surface area contributed by atoms with Crippen LogP contribution in [0.4, 0.5) is 0 Å². The maximum absolute atomic E-state index is 4.68. The highest BCUT2D eigenvalue weighted by Gasteiger charge is 2.13. The minimum Gasteiger partial charge on any atom is -0.343 e. The molecular formula is C27H22N6. The minimum atomic E-state index is 0.875. The van der Waals surface area contributed by atoms with Gasteiger partial charge in [-0.2, -0.15) is 0 Å². The number of pyridine rings is 3. The van der Waals surface area contributed by atoms with Crippen LogP contribution in [0.1, 0.15) is 11.4 Å². The van der Waals surface area contributed by atoms with Gasteiger partial charge in [0.25, 0.3) is 0 Å². The molecular weight excluding hydrogens is 408 g/mol. The monoisotopic (exact) mass is 430 g/mol. The molecule has 6 rings (SSSR count). The first-order valence-electron chi connectivity index (χ1n) is 11.0. The Morgan fingerprint density at radius 1 is 0.818 bits per heavy atom. The Morgan fingerprint density at radius 3 is 2.52 bits per heavy atom. The Hall–Kier alpha value is -4.16. The van der Waals surface area contributed by atoms with E-state index < -0.39 is 0 Å². The molecule has 6 heteroatoms. The molecule has 0 atom stereocenters. The van der Waals surface area contributed by atoms with Crippen LogP contribution >= 0.6 is 0 Å². The summed E-state index contributed by atoms with van der Waals surface area (Å²) in [6, 6.07) is 18.6. The number of hydrogen-bond donors (Lipinski definition) is 2. The third-order valence-electron chi connectivity index (χ3n) is 5.97. The van der Waals surface area contributed by atoms with Crippen LogP contribution in [0, 0.1) is 6.92 Å². The molecule has 0 aliphatic carbocycles. The average Bonchev–Trinajstić information content (AvgIpc) is 3.56. The molecule has 0 spiro atoms. The van der Waals surface area contributed by atoms with Gasteiger partial charge in [0.2, 0.25) is 0 Å². The summed E-state index contributed by atoms with van der Waals surface area (Å²) in [5, 5.41) is 4.38. The zero-order valence-electron chi connectivity index (χ0n) is 18.2. The Bertz CT molecular complexity index is 1500. The number of imidazole rings is 1. The molecule has 0 saturated carbocycles. The predicted molar refractivity (Wildman–Crippen MR) is 131 cm³/mol. The summed E-state index contributed by atoms with van der Waals surface area (Å²) in [6.45, 7) is 3.78. The summed E-state index contributed by atoms with van der Waals surface area (Å²) >= 11 is 0. The normalized spacial score (nSPS) is 13.4. The molecule has 0 radical (unpaired) electrons. The van der Waals surface area contributed by atoms with Crippen molar-refractivity contribution in [2.24, 2.45) is 0 Å². The number of fused-ring (bicyclic) bond motifs is 1. The molecule has 6 nitrogen and oxygen atoms in total. The maximum atomic E-state index is 4.68. The maximum Gasteiger partial charge on any atom is 0.0977 e. The second kappa shape index (κ2) is 8.07. The van der Waals surface area contributed by atoms with Crippen molar-refractivity contribution in [1.82, 2.24) is 30.2 Å². The number of hydrogen-bond acceptors (Lipinski definition) is 5. The Morgan fingerprint density at radius 2 is 1.70 bits per heavy atom. The second-order valence-corrected chi connectivity index (χ2v) is 8.21. The zero-order valence-corrected chi connectivity index (χ0v) is 18.2. The third kappa shape index (κ3) is 3.70. The largest absolute Gasteiger partial charge is 0.343 e. The van der Waals surface area contributed by atoms with Gasteiger partial charge in [0, 0.05) is 53.3 Å². The van der Waals surface area contributed by atoms with Crippen molar-refractivity contribution < 1.29 is 0 Å². The SMILES string of the molecule is Cc1cccc(-c2[nH]cnc2-c2ccc3ncc(-c4ccc(C5=CCNC5)nc4)cc3c2)n1. The highest BCUT2D eigenvalue weighted by atomic mass is 14.9. The molecule has 4 aromatic heterocycles. The summed E-state index contributed by atoms with van der Waals surface area (Å²) < 4.78 is 0. The first-order valence-corrected chi connectivity index (χ1v) is 11.0. The first-order chi connectivity index (χ1) is 16.2. The van der Waals surface area contributed by atoms with E-state index in [2.05, 4.69) is 66.6 Å². The van der Waals surface area contributed by atoms with Crippen molar-refractivity contribution in [3.05, 3.63) is 90.8 Å². The molecule has 0 saturated heterocycles. The lowest BCUT2D eigenvalue weighted by Gasteiger charge is -2.08.